The maximum Gasteiger partial charge on any atom is 0.254 e. The predicted molar refractivity (Wildman–Crippen MR) is 77.0 cm³/mol. The van der Waals surface area contributed by atoms with Crippen LogP contribution in [0.25, 0.3) is 0 Å². The van der Waals surface area contributed by atoms with Crippen LogP contribution in [0.3, 0.4) is 0 Å². The molecule has 2 aliphatic heterocycles. The molecule has 0 unspecified atom stereocenters. The molecule has 2 aliphatic rings. The third-order valence-corrected chi connectivity index (χ3v) is 3.77. The van der Waals surface area contributed by atoms with Crippen LogP contribution in [0.4, 0.5) is 11.4 Å². The topological polar surface area (TPSA) is 64.7 Å². The first-order valence-electron chi connectivity index (χ1n) is 6.80. The van der Waals surface area contributed by atoms with Gasteiger partial charge in [0.05, 0.1) is 11.4 Å². The summed E-state index contributed by atoms with van der Waals surface area (Å²) in [4.78, 5) is 27.4. The van der Waals surface area contributed by atoms with Gasteiger partial charge < -0.3 is 20.4 Å². The normalized spacial score (nSPS) is 18.1. The quantitative estimate of drug-likeness (QED) is 0.780. The highest BCUT2D eigenvalue weighted by Crippen LogP contribution is 2.26. The first-order chi connectivity index (χ1) is 9.65. The van der Waals surface area contributed by atoms with Gasteiger partial charge in [0.2, 0.25) is 5.91 Å². The van der Waals surface area contributed by atoms with E-state index in [1.807, 2.05) is 18.2 Å². The Balaban J connectivity index is 1.79. The number of piperazine rings is 1. The van der Waals surface area contributed by atoms with Gasteiger partial charge in [0.15, 0.2) is 0 Å². The highest BCUT2D eigenvalue weighted by molar-refractivity contribution is 5.98. The number of nitrogens with zero attached hydrogens (tertiary/aromatic N) is 2. The van der Waals surface area contributed by atoms with Crippen LogP contribution in [0.15, 0.2) is 18.2 Å². The molecule has 2 amide bonds. The van der Waals surface area contributed by atoms with Crippen molar-refractivity contribution in [2.75, 3.05) is 50.4 Å². The van der Waals surface area contributed by atoms with E-state index in [0.29, 0.717) is 18.7 Å². The molecule has 1 saturated heterocycles. The molecule has 106 valence electrons. The number of hydrogen-bond acceptors (Lipinski definition) is 4. The Morgan fingerprint density at radius 3 is 2.65 bits per heavy atom. The van der Waals surface area contributed by atoms with Crippen molar-refractivity contribution in [3.05, 3.63) is 23.8 Å². The van der Waals surface area contributed by atoms with Crippen LogP contribution in [0.1, 0.15) is 10.4 Å². The van der Waals surface area contributed by atoms with E-state index >= 15 is 0 Å². The van der Waals surface area contributed by atoms with Crippen molar-refractivity contribution in [3.8, 4) is 0 Å². The standard InChI is InChI=1S/C14H18N4O2/c1-17-6-7-18(9-13(17)19)14(20)10-2-3-11-12(8-10)16-5-4-15-11/h2-3,8,15-16H,4-7,9H2,1H3. The molecule has 1 aromatic rings. The Hall–Kier alpha value is -2.24. The average Bonchev–Trinajstić information content (AvgIpc) is 2.49. The van der Waals surface area contributed by atoms with E-state index in [2.05, 4.69) is 10.6 Å². The lowest BCUT2D eigenvalue weighted by Crippen LogP contribution is -2.50. The van der Waals surface area contributed by atoms with E-state index in [1.165, 1.54) is 0 Å². The zero-order valence-electron chi connectivity index (χ0n) is 11.5. The van der Waals surface area contributed by atoms with Gasteiger partial charge in [-0.05, 0) is 18.2 Å². The SMILES string of the molecule is CN1CCN(C(=O)c2ccc3c(c2)NCCN3)CC1=O. The summed E-state index contributed by atoms with van der Waals surface area (Å²) < 4.78 is 0. The minimum absolute atomic E-state index is 0.0117. The summed E-state index contributed by atoms with van der Waals surface area (Å²) in [5.74, 6) is -0.0935. The molecule has 1 aromatic carbocycles. The molecule has 2 N–H and O–H groups in total. The van der Waals surface area contributed by atoms with Gasteiger partial charge >= 0.3 is 0 Å². The first-order valence-corrected chi connectivity index (χ1v) is 6.80. The molecule has 20 heavy (non-hydrogen) atoms. The number of likely N-dealkylation sites (N-methyl/N-ethyl adjacent to an activating group) is 1. The van der Waals surface area contributed by atoms with E-state index in [1.54, 1.807) is 16.8 Å². The molecule has 0 radical (unpaired) electrons. The predicted octanol–water partition coefficient (Wildman–Crippen LogP) is 0.438. The van der Waals surface area contributed by atoms with Crippen molar-refractivity contribution < 1.29 is 9.59 Å². The number of nitrogens with one attached hydrogen (secondary N) is 2. The van der Waals surface area contributed by atoms with Crippen molar-refractivity contribution in [2.45, 2.75) is 0 Å². The summed E-state index contributed by atoms with van der Waals surface area (Å²) in [7, 11) is 1.76. The second-order valence-corrected chi connectivity index (χ2v) is 5.16. The summed E-state index contributed by atoms with van der Waals surface area (Å²) in [6.07, 6.45) is 0. The number of rotatable bonds is 1. The number of benzene rings is 1. The van der Waals surface area contributed by atoms with Crippen LogP contribution >= 0.6 is 0 Å². The van der Waals surface area contributed by atoms with Crippen LogP contribution < -0.4 is 10.6 Å². The fraction of sp³-hybridized carbons (Fsp3) is 0.429. The Kier molecular flexibility index (Phi) is 3.22. The number of hydrogen-bond donors (Lipinski definition) is 2. The Morgan fingerprint density at radius 1 is 1.15 bits per heavy atom. The van der Waals surface area contributed by atoms with E-state index < -0.39 is 0 Å². The minimum Gasteiger partial charge on any atom is -0.382 e. The van der Waals surface area contributed by atoms with Crippen molar-refractivity contribution in [2.24, 2.45) is 0 Å². The monoisotopic (exact) mass is 274 g/mol. The maximum atomic E-state index is 12.4. The minimum atomic E-state index is -0.0818. The Morgan fingerprint density at radius 2 is 1.90 bits per heavy atom. The van der Waals surface area contributed by atoms with E-state index in [-0.39, 0.29) is 18.4 Å². The van der Waals surface area contributed by atoms with Crippen LogP contribution in [-0.2, 0) is 4.79 Å². The molecule has 6 heteroatoms. The van der Waals surface area contributed by atoms with Gasteiger partial charge in [-0.1, -0.05) is 0 Å². The Bertz CT molecular complexity index is 558. The van der Waals surface area contributed by atoms with Crippen molar-refractivity contribution in [1.29, 1.82) is 0 Å². The molecule has 2 heterocycles. The Labute approximate surface area is 117 Å². The molecule has 0 saturated carbocycles. The molecule has 6 nitrogen and oxygen atoms in total. The van der Waals surface area contributed by atoms with Crippen molar-refractivity contribution in [1.82, 2.24) is 9.80 Å². The van der Waals surface area contributed by atoms with E-state index in [9.17, 15) is 9.59 Å². The van der Waals surface area contributed by atoms with Gasteiger partial charge in [0, 0.05) is 38.8 Å². The number of fused-ring (bicyclic) bond motifs is 1. The van der Waals surface area contributed by atoms with Crippen molar-refractivity contribution in [3.63, 3.8) is 0 Å². The number of amides is 2. The highest BCUT2D eigenvalue weighted by Gasteiger charge is 2.26. The highest BCUT2D eigenvalue weighted by atomic mass is 16.2. The van der Waals surface area contributed by atoms with Crippen molar-refractivity contribution >= 4 is 23.2 Å². The molecular weight excluding hydrogens is 256 g/mol. The molecule has 0 atom stereocenters. The fourth-order valence-corrected chi connectivity index (χ4v) is 2.49. The van der Waals surface area contributed by atoms with Gasteiger partial charge in [0.1, 0.15) is 6.54 Å². The summed E-state index contributed by atoms with van der Waals surface area (Å²) in [6.45, 7) is 3.07. The van der Waals surface area contributed by atoms with Crippen LogP contribution in [0, 0.1) is 0 Å². The summed E-state index contributed by atoms with van der Waals surface area (Å²) in [5.41, 5.74) is 2.59. The van der Waals surface area contributed by atoms with Crippen LogP contribution in [-0.4, -0.2) is 61.4 Å². The molecule has 1 fully saturated rings. The summed E-state index contributed by atoms with van der Waals surface area (Å²) in [6, 6.07) is 5.57. The largest absolute Gasteiger partial charge is 0.382 e. The average molecular weight is 274 g/mol. The van der Waals surface area contributed by atoms with E-state index in [4.69, 9.17) is 0 Å². The van der Waals surface area contributed by atoms with Gasteiger partial charge in [0.25, 0.3) is 5.91 Å². The van der Waals surface area contributed by atoms with Crippen LogP contribution in [0.2, 0.25) is 0 Å². The number of anilines is 2. The lowest BCUT2D eigenvalue weighted by molar-refractivity contribution is -0.133. The maximum absolute atomic E-state index is 12.4. The third-order valence-electron chi connectivity index (χ3n) is 3.77. The summed E-state index contributed by atoms with van der Waals surface area (Å²) in [5, 5.41) is 6.54. The number of carbonyl (C=O) groups excluding carboxylic acids is 2. The van der Waals surface area contributed by atoms with Gasteiger partial charge in [-0.15, -0.1) is 0 Å². The first kappa shape index (κ1) is 12.8. The van der Waals surface area contributed by atoms with E-state index in [0.717, 1.165) is 24.5 Å². The zero-order valence-corrected chi connectivity index (χ0v) is 11.5. The molecule has 3 rings (SSSR count). The molecule has 0 aliphatic carbocycles. The molecule has 0 spiro atoms. The second-order valence-electron chi connectivity index (χ2n) is 5.16. The molecule has 0 aromatic heterocycles. The van der Waals surface area contributed by atoms with Gasteiger partial charge in [-0.3, -0.25) is 9.59 Å². The lowest BCUT2D eigenvalue weighted by Gasteiger charge is -2.32. The second kappa shape index (κ2) is 5.03. The molecule has 0 bridgehead atoms. The third kappa shape index (κ3) is 2.29. The summed E-state index contributed by atoms with van der Waals surface area (Å²) >= 11 is 0. The molecular formula is C14H18N4O2. The zero-order chi connectivity index (χ0) is 14.1. The number of carbonyl (C=O) groups is 2. The fourth-order valence-electron chi connectivity index (χ4n) is 2.49. The van der Waals surface area contributed by atoms with Crippen LogP contribution in [0.5, 0.6) is 0 Å². The smallest absolute Gasteiger partial charge is 0.254 e. The van der Waals surface area contributed by atoms with Gasteiger partial charge in [-0.2, -0.15) is 0 Å². The van der Waals surface area contributed by atoms with Gasteiger partial charge in [-0.25, -0.2) is 0 Å². The lowest BCUT2D eigenvalue weighted by atomic mass is 10.1.